The monoisotopic (exact) mass is 290 g/mol. The van der Waals surface area contributed by atoms with E-state index >= 15 is 0 Å². The predicted octanol–water partition coefficient (Wildman–Crippen LogP) is 1.75. The lowest BCUT2D eigenvalue weighted by atomic mass is 10.1. The number of anilines is 2. The van der Waals surface area contributed by atoms with Crippen LogP contribution in [0.25, 0.3) is 11.0 Å². The van der Waals surface area contributed by atoms with Crippen LogP contribution < -0.4 is 10.6 Å². The largest absolute Gasteiger partial charge is 0.393 e. The summed E-state index contributed by atoms with van der Waals surface area (Å²) in [6, 6.07) is 0. The Morgan fingerprint density at radius 1 is 1.33 bits per heavy atom. The first-order chi connectivity index (χ1) is 10.3. The van der Waals surface area contributed by atoms with Crippen molar-refractivity contribution in [1.82, 2.24) is 20.2 Å². The molecule has 1 aliphatic carbocycles. The first kappa shape index (κ1) is 14.1. The molecule has 0 aromatic carbocycles. The number of aromatic amines is 1. The number of H-pyrrole nitrogens is 1. The van der Waals surface area contributed by atoms with Gasteiger partial charge in [0.05, 0.1) is 17.7 Å². The van der Waals surface area contributed by atoms with Crippen LogP contribution in [0.5, 0.6) is 0 Å². The molecule has 0 aliphatic heterocycles. The summed E-state index contributed by atoms with van der Waals surface area (Å²) in [5, 5.41) is 24.0. The van der Waals surface area contributed by atoms with E-state index in [4.69, 9.17) is 0 Å². The average Bonchev–Trinajstić information content (AvgIpc) is 3.11. The first-order valence-corrected chi connectivity index (χ1v) is 7.63. The molecule has 2 aromatic heterocycles. The third kappa shape index (κ3) is 3.24. The van der Waals surface area contributed by atoms with Gasteiger partial charge >= 0.3 is 0 Å². The zero-order valence-electron chi connectivity index (χ0n) is 12.3. The summed E-state index contributed by atoms with van der Waals surface area (Å²) in [7, 11) is 0. The molecule has 2 atom stereocenters. The minimum Gasteiger partial charge on any atom is -0.393 e. The van der Waals surface area contributed by atoms with E-state index in [1.165, 1.54) is 0 Å². The SMILES string of the molecule is CCCNc1nc(NCC2CCC(O)C2)c2cn[nH]c2n1. The van der Waals surface area contributed by atoms with Gasteiger partial charge in [-0.25, -0.2) is 0 Å². The Morgan fingerprint density at radius 3 is 3.00 bits per heavy atom. The summed E-state index contributed by atoms with van der Waals surface area (Å²) in [6.07, 6.45) is 5.46. The third-order valence-electron chi connectivity index (χ3n) is 3.91. The zero-order valence-corrected chi connectivity index (χ0v) is 12.3. The van der Waals surface area contributed by atoms with Crippen LogP contribution in [0.15, 0.2) is 6.20 Å². The van der Waals surface area contributed by atoms with Crippen molar-refractivity contribution < 1.29 is 5.11 Å². The Kier molecular flexibility index (Phi) is 4.19. The minimum atomic E-state index is -0.141. The highest BCUT2D eigenvalue weighted by Gasteiger charge is 2.22. The maximum absolute atomic E-state index is 9.60. The highest BCUT2D eigenvalue weighted by molar-refractivity contribution is 5.86. The van der Waals surface area contributed by atoms with Crippen molar-refractivity contribution in [2.45, 2.75) is 38.7 Å². The molecule has 2 aromatic rings. The van der Waals surface area contributed by atoms with Gasteiger partial charge in [-0.05, 0) is 31.6 Å². The molecular weight excluding hydrogens is 268 g/mol. The number of nitrogens with zero attached hydrogens (tertiary/aromatic N) is 3. The van der Waals surface area contributed by atoms with Gasteiger partial charge in [-0.3, -0.25) is 5.10 Å². The molecule has 0 bridgehead atoms. The van der Waals surface area contributed by atoms with E-state index < -0.39 is 0 Å². The molecule has 1 aliphatic rings. The van der Waals surface area contributed by atoms with Crippen LogP contribution in [0.3, 0.4) is 0 Å². The maximum Gasteiger partial charge on any atom is 0.226 e. The maximum atomic E-state index is 9.60. The molecule has 0 saturated heterocycles. The standard InChI is InChI=1S/C14H22N6O/c1-2-5-15-14-18-12(11-8-17-20-13(11)19-14)16-7-9-3-4-10(21)6-9/h8-10,21H,2-7H2,1H3,(H3,15,16,17,18,19,20). The van der Waals surface area contributed by atoms with Crippen LogP contribution in [-0.2, 0) is 0 Å². The topological polar surface area (TPSA) is 98.8 Å². The normalized spacial score (nSPS) is 21.8. The summed E-state index contributed by atoms with van der Waals surface area (Å²) in [6.45, 7) is 3.77. The fourth-order valence-corrected chi connectivity index (χ4v) is 2.76. The second-order valence-electron chi connectivity index (χ2n) is 5.67. The van der Waals surface area contributed by atoms with Gasteiger partial charge in [-0.15, -0.1) is 0 Å². The number of rotatable bonds is 6. The van der Waals surface area contributed by atoms with E-state index in [1.54, 1.807) is 6.20 Å². The molecule has 1 fully saturated rings. The molecule has 0 radical (unpaired) electrons. The van der Waals surface area contributed by atoms with Gasteiger partial charge < -0.3 is 15.7 Å². The molecule has 21 heavy (non-hydrogen) atoms. The van der Waals surface area contributed by atoms with Gasteiger partial charge in [0.25, 0.3) is 0 Å². The molecule has 114 valence electrons. The molecular formula is C14H22N6O. The van der Waals surface area contributed by atoms with E-state index in [1.807, 2.05) is 0 Å². The summed E-state index contributed by atoms with van der Waals surface area (Å²) in [5.74, 6) is 1.92. The molecule has 0 amide bonds. The van der Waals surface area contributed by atoms with Crippen molar-refractivity contribution in [1.29, 1.82) is 0 Å². The Morgan fingerprint density at radius 2 is 2.24 bits per heavy atom. The number of hydrogen-bond acceptors (Lipinski definition) is 6. The van der Waals surface area contributed by atoms with Gasteiger partial charge in [-0.2, -0.15) is 15.1 Å². The molecule has 3 rings (SSSR count). The molecule has 4 N–H and O–H groups in total. The van der Waals surface area contributed by atoms with Crippen LogP contribution in [0, 0.1) is 5.92 Å². The van der Waals surface area contributed by atoms with Crippen molar-refractivity contribution in [2.75, 3.05) is 23.7 Å². The number of aromatic nitrogens is 4. The van der Waals surface area contributed by atoms with E-state index in [2.05, 4.69) is 37.7 Å². The van der Waals surface area contributed by atoms with Crippen molar-refractivity contribution in [3.05, 3.63) is 6.20 Å². The smallest absolute Gasteiger partial charge is 0.226 e. The number of aliphatic hydroxyl groups is 1. The van der Waals surface area contributed by atoms with Crippen molar-refractivity contribution in [3.63, 3.8) is 0 Å². The van der Waals surface area contributed by atoms with Crippen LogP contribution >= 0.6 is 0 Å². The number of hydrogen-bond donors (Lipinski definition) is 4. The molecule has 2 unspecified atom stereocenters. The molecule has 7 heteroatoms. The van der Waals surface area contributed by atoms with Crippen molar-refractivity contribution in [2.24, 2.45) is 5.92 Å². The van der Waals surface area contributed by atoms with Crippen LogP contribution in [-0.4, -0.2) is 44.5 Å². The fraction of sp³-hybridized carbons (Fsp3) is 0.643. The van der Waals surface area contributed by atoms with Crippen LogP contribution in [0.4, 0.5) is 11.8 Å². The molecule has 0 spiro atoms. The fourth-order valence-electron chi connectivity index (χ4n) is 2.76. The van der Waals surface area contributed by atoms with Crippen molar-refractivity contribution in [3.8, 4) is 0 Å². The second-order valence-corrected chi connectivity index (χ2v) is 5.67. The Hall–Kier alpha value is -1.89. The van der Waals surface area contributed by atoms with Crippen LogP contribution in [0.2, 0.25) is 0 Å². The summed E-state index contributed by atoms with van der Waals surface area (Å²) in [5.41, 5.74) is 0.734. The third-order valence-corrected chi connectivity index (χ3v) is 3.91. The molecule has 7 nitrogen and oxygen atoms in total. The van der Waals surface area contributed by atoms with E-state index in [0.717, 1.165) is 55.6 Å². The first-order valence-electron chi connectivity index (χ1n) is 7.63. The predicted molar refractivity (Wildman–Crippen MR) is 82.3 cm³/mol. The summed E-state index contributed by atoms with van der Waals surface area (Å²) < 4.78 is 0. The quantitative estimate of drug-likeness (QED) is 0.647. The average molecular weight is 290 g/mol. The Labute approximate surface area is 123 Å². The highest BCUT2D eigenvalue weighted by atomic mass is 16.3. The second kappa shape index (κ2) is 6.26. The Balaban J connectivity index is 1.74. The number of fused-ring (bicyclic) bond motifs is 1. The summed E-state index contributed by atoms with van der Waals surface area (Å²) >= 11 is 0. The van der Waals surface area contributed by atoms with Gasteiger partial charge in [0.2, 0.25) is 5.95 Å². The zero-order chi connectivity index (χ0) is 14.7. The molecule has 1 saturated carbocycles. The van der Waals surface area contributed by atoms with Gasteiger partial charge in [0.1, 0.15) is 5.82 Å². The number of aliphatic hydroxyl groups excluding tert-OH is 1. The van der Waals surface area contributed by atoms with E-state index in [0.29, 0.717) is 11.9 Å². The lowest BCUT2D eigenvalue weighted by Crippen LogP contribution is -2.14. The Bertz CT molecular complexity index is 598. The van der Waals surface area contributed by atoms with Gasteiger partial charge in [0.15, 0.2) is 5.65 Å². The van der Waals surface area contributed by atoms with Gasteiger partial charge in [0, 0.05) is 13.1 Å². The number of nitrogens with one attached hydrogen (secondary N) is 3. The van der Waals surface area contributed by atoms with E-state index in [9.17, 15) is 5.11 Å². The minimum absolute atomic E-state index is 0.141. The summed E-state index contributed by atoms with van der Waals surface area (Å²) in [4.78, 5) is 8.94. The van der Waals surface area contributed by atoms with Crippen molar-refractivity contribution >= 4 is 22.8 Å². The molecule has 2 heterocycles. The van der Waals surface area contributed by atoms with Gasteiger partial charge in [-0.1, -0.05) is 6.92 Å². The van der Waals surface area contributed by atoms with E-state index in [-0.39, 0.29) is 6.10 Å². The van der Waals surface area contributed by atoms with Crippen LogP contribution in [0.1, 0.15) is 32.6 Å². The highest BCUT2D eigenvalue weighted by Crippen LogP contribution is 2.27. The lowest BCUT2D eigenvalue weighted by Gasteiger charge is -2.13. The lowest BCUT2D eigenvalue weighted by molar-refractivity contribution is 0.178.